The molecule has 3 heterocycles. The quantitative estimate of drug-likeness (QED) is 0.646. The van der Waals surface area contributed by atoms with Crippen LogP contribution in [-0.2, 0) is 4.74 Å². The maximum Gasteiger partial charge on any atom is 0.573 e. The highest BCUT2D eigenvalue weighted by molar-refractivity contribution is 5.95. The van der Waals surface area contributed by atoms with Crippen LogP contribution in [0.3, 0.4) is 0 Å². The van der Waals surface area contributed by atoms with Gasteiger partial charge in [0.1, 0.15) is 11.5 Å². The minimum absolute atomic E-state index is 0.00983. The third kappa shape index (κ3) is 3.16. The van der Waals surface area contributed by atoms with E-state index in [-0.39, 0.29) is 34.7 Å². The molecule has 1 N–H and O–H groups in total. The Kier molecular flexibility index (Phi) is 4.10. The number of benzene rings is 2. The molecule has 2 aliphatic heterocycles. The van der Waals surface area contributed by atoms with Crippen molar-refractivity contribution in [1.29, 1.82) is 0 Å². The predicted molar refractivity (Wildman–Crippen MR) is 109 cm³/mol. The molecule has 3 aliphatic rings. The molecule has 2 aromatic carbocycles. The molecule has 0 bridgehead atoms. The van der Waals surface area contributed by atoms with E-state index in [1.165, 1.54) is 35.0 Å². The average molecular weight is 457 g/mol. The zero-order valence-electron chi connectivity index (χ0n) is 17.1. The highest BCUT2D eigenvalue weighted by Crippen LogP contribution is 2.62. The van der Waals surface area contributed by atoms with Gasteiger partial charge in [0.05, 0.1) is 36.2 Å². The SMILES string of the molecule is O=C(c1cc(-c2cccc(OC(F)(F)F)c2)n(-c2cccc(O)c2)n1)N1CC2OCC3CC321. The smallest absolute Gasteiger partial charge is 0.508 e. The molecule has 3 unspecified atom stereocenters. The highest BCUT2D eigenvalue weighted by Gasteiger charge is 2.75. The first-order valence-corrected chi connectivity index (χ1v) is 10.4. The molecule has 170 valence electrons. The standard InChI is InChI=1S/C23H18F3N3O4/c24-23(25,26)33-17-6-1-3-13(7-17)19-9-18(27-29(19)15-4-2-5-16(30)8-15)21(31)28-11-20-22(28)10-14(22)12-32-20/h1-9,14,20,30H,10-12H2. The van der Waals surface area contributed by atoms with Crippen LogP contribution >= 0.6 is 0 Å². The van der Waals surface area contributed by atoms with E-state index in [1.807, 2.05) is 0 Å². The summed E-state index contributed by atoms with van der Waals surface area (Å²) >= 11 is 0. The number of hydrogen-bond donors (Lipinski definition) is 1. The Balaban J connectivity index is 1.41. The summed E-state index contributed by atoms with van der Waals surface area (Å²) in [6.45, 7) is 1.15. The van der Waals surface area contributed by atoms with Crippen molar-refractivity contribution >= 4 is 5.91 Å². The van der Waals surface area contributed by atoms with Crippen LogP contribution in [0.4, 0.5) is 13.2 Å². The topological polar surface area (TPSA) is 76.8 Å². The lowest BCUT2D eigenvalue weighted by Crippen LogP contribution is -2.64. The number of phenols is 1. The van der Waals surface area contributed by atoms with Crippen molar-refractivity contribution in [3.05, 3.63) is 60.3 Å². The van der Waals surface area contributed by atoms with Gasteiger partial charge < -0.3 is 19.5 Å². The fraction of sp³-hybridized carbons (Fsp3) is 0.304. The summed E-state index contributed by atoms with van der Waals surface area (Å²) in [5, 5.41) is 14.4. The zero-order valence-corrected chi connectivity index (χ0v) is 17.1. The fourth-order valence-electron chi connectivity index (χ4n) is 5.02. The van der Waals surface area contributed by atoms with Crippen LogP contribution in [0, 0.1) is 5.92 Å². The normalized spacial score (nSPS) is 25.2. The van der Waals surface area contributed by atoms with Gasteiger partial charge in [0.15, 0.2) is 5.69 Å². The number of rotatable bonds is 4. The first-order valence-electron chi connectivity index (χ1n) is 10.4. The van der Waals surface area contributed by atoms with Crippen LogP contribution in [0.1, 0.15) is 16.9 Å². The van der Waals surface area contributed by atoms with Gasteiger partial charge in [0, 0.05) is 17.5 Å². The van der Waals surface area contributed by atoms with E-state index < -0.39 is 6.36 Å². The maximum absolute atomic E-state index is 13.3. The number of likely N-dealkylation sites (tertiary alicyclic amines) is 1. The number of aromatic nitrogens is 2. The Bertz CT molecular complexity index is 1270. The number of carbonyl (C=O) groups excluding carboxylic acids is 1. The summed E-state index contributed by atoms with van der Waals surface area (Å²) in [5.41, 5.74) is 1.16. The molecule has 3 atom stereocenters. The van der Waals surface area contributed by atoms with Gasteiger partial charge in [-0.3, -0.25) is 4.79 Å². The summed E-state index contributed by atoms with van der Waals surface area (Å²) < 4.78 is 49.4. The van der Waals surface area contributed by atoms with Gasteiger partial charge in [-0.1, -0.05) is 18.2 Å². The van der Waals surface area contributed by atoms with Crippen molar-refractivity contribution in [2.24, 2.45) is 5.92 Å². The average Bonchev–Trinajstić information content (AvgIpc) is 3.25. The van der Waals surface area contributed by atoms with E-state index in [4.69, 9.17) is 4.74 Å². The largest absolute Gasteiger partial charge is 0.573 e. The predicted octanol–water partition coefficient (Wildman–Crippen LogP) is 3.76. The Morgan fingerprint density at radius 3 is 2.73 bits per heavy atom. The van der Waals surface area contributed by atoms with Gasteiger partial charge in [-0.15, -0.1) is 13.2 Å². The first kappa shape index (κ1) is 20.1. The monoisotopic (exact) mass is 457 g/mol. The third-order valence-electron chi connectivity index (χ3n) is 6.64. The lowest BCUT2D eigenvalue weighted by molar-refractivity contribution is -0.274. The number of aromatic hydroxyl groups is 1. The summed E-state index contributed by atoms with van der Waals surface area (Å²) in [4.78, 5) is 15.1. The summed E-state index contributed by atoms with van der Waals surface area (Å²) in [5.74, 6) is -0.291. The molecule has 1 aromatic heterocycles. The molecule has 33 heavy (non-hydrogen) atoms. The lowest BCUT2D eigenvalue weighted by atomic mass is 9.95. The second kappa shape index (κ2) is 6.74. The van der Waals surface area contributed by atoms with Gasteiger partial charge in [0.2, 0.25) is 0 Å². The molecule has 1 amide bonds. The summed E-state index contributed by atoms with van der Waals surface area (Å²) in [6.07, 6.45) is -3.85. The van der Waals surface area contributed by atoms with E-state index in [9.17, 15) is 23.1 Å². The van der Waals surface area contributed by atoms with E-state index in [0.29, 0.717) is 36.0 Å². The van der Waals surface area contributed by atoms with Crippen LogP contribution in [-0.4, -0.2) is 56.9 Å². The second-order valence-electron chi connectivity index (χ2n) is 8.55. The molecule has 1 saturated carbocycles. The van der Waals surface area contributed by atoms with E-state index in [2.05, 4.69) is 9.84 Å². The van der Waals surface area contributed by atoms with Gasteiger partial charge in [-0.2, -0.15) is 5.10 Å². The molecule has 0 radical (unpaired) electrons. The lowest BCUT2D eigenvalue weighted by Gasteiger charge is -2.46. The Morgan fingerprint density at radius 1 is 1.18 bits per heavy atom. The van der Waals surface area contributed by atoms with Crippen LogP contribution in [0.25, 0.3) is 16.9 Å². The molecule has 6 rings (SSSR count). The Hall–Kier alpha value is -3.53. The van der Waals surface area contributed by atoms with Gasteiger partial charge in [0.25, 0.3) is 5.91 Å². The van der Waals surface area contributed by atoms with Gasteiger partial charge >= 0.3 is 6.36 Å². The van der Waals surface area contributed by atoms with E-state index >= 15 is 0 Å². The summed E-state index contributed by atoms with van der Waals surface area (Å²) in [7, 11) is 0. The maximum atomic E-state index is 13.3. The number of phenolic OH excluding ortho intramolecular Hbond substituents is 1. The second-order valence-corrected chi connectivity index (χ2v) is 8.55. The van der Waals surface area contributed by atoms with Crippen LogP contribution < -0.4 is 4.74 Å². The number of ether oxygens (including phenoxy) is 2. The van der Waals surface area contributed by atoms with Crippen LogP contribution in [0.2, 0.25) is 0 Å². The first-order chi connectivity index (χ1) is 15.7. The molecular weight excluding hydrogens is 439 g/mol. The van der Waals surface area contributed by atoms with Crippen LogP contribution in [0.15, 0.2) is 54.6 Å². The van der Waals surface area contributed by atoms with E-state index in [0.717, 1.165) is 6.42 Å². The molecule has 2 saturated heterocycles. The molecule has 10 heteroatoms. The fourth-order valence-corrected chi connectivity index (χ4v) is 5.02. The Labute approximate surface area is 185 Å². The number of hydrogen-bond acceptors (Lipinski definition) is 5. The minimum atomic E-state index is -4.83. The third-order valence-corrected chi connectivity index (χ3v) is 6.64. The molecule has 1 spiro atoms. The number of nitrogens with zero attached hydrogens (tertiary/aromatic N) is 3. The molecular formula is C23H18F3N3O4. The van der Waals surface area contributed by atoms with E-state index in [1.54, 1.807) is 29.2 Å². The number of amides is 1. The molecule has 3 aromatic rings. The van der Waals surface area contributed by atoms with Crippen molar-refractivity contribution in [3.63, 3.8) is 0 Å². The van der Waals surface area contributed by atoms with Crippen LogP contribution in [0.5, 0.6) is 11.5 Å². The van der Waals surface area contributed by atoms with Crippen molar-refractivity contribution < 1.29 is 32.5 Å². The minimum Gasteiger partial charge on any atom is -0.508 e. The molecule has 1 aliphatic carbocycles. The summed E-state index contributed by atoms with van der Waals surface area (Å²) in [6, 6.07) is 13.3. The van der Waals surface area contributed by atoms with Crippen molar-refractivity contribution in [2.45, 2.75) is 24.4 Å². The van der Waals surface area contributed by atoms with Crippen molar-refractivity contribution in [3.8, 4) is 28.4 Å². The van der Waals surface area contributed by atoms with Gasteiger partial charge in [-0.05, 0) is 36.8 Å². The Morgan fingerprint density at radius 2 is 2.00 bits per heavy atom. The van der Waals surface area contributed by atoms with Crippen molar-refractivity contribution in [1.82, 2.24) is 14.7 Å². The van der Waals surface area contributed by atoms with Crippen molar-refractivity contribution in [2.75, 3.05) is 13.2 Å². The van der Waals surface area contributed by atoms with Gasteiger partial charge in [-0.25, -0.2) is 4.68 Å². The highest BCUT2D eigenvalue weighted by atomic mass is 19.4. The zero-order chi connectivity index (χ0) is 23.0. The number of halogens is 3. The number of carbonyl (C=O) groups is 1. The molecule has 3 fully saturated rings. The number of alkyl halides is 3. The molecule has 7 nitrogen and oxygen atoms in total.